The van der Waals surface area contributed by atoms with Crippen molar-refractivity contribution in [3.05, 3.63) is 77.5 Å². The van der Waals surface area contributed by atoms with Gasteiger partial charge in [0.25, 0.3) is 10.0 Å². The molecule has 0 radical (unpaired) electrons. The largest absolute Gasteiger partial charge is 0.295 e. The number of rotatable bonds is 6. The van der Waals surface area contributed by atoms with Crippen molar-refractivity contribution >= 4 is 21.6 Å². The summed E-state index contributed by atoms with van der Waals surface area (Å²) < 4.78 is 28.0. The molecule has 1 aliphatic carbocycles. The third-order valence-electron chi connectivity index (χ3n) is 4.95. The number of sulfonamides is 1. The Morgan fingerprint density at radius 3 is 2.21 bits per heavy atom. The zero-order valence-electron chi connectivity index (χ0n) is 16.9. The molecule has 5 nitrogen and oxygen atoms in total. The minimum Gasteiger partial charge on any atom is -0.295 e. The number of allylic oxidation sites excluding steroid dienone is 2. The van der Waals surface area contributed by atoms with E-state index < -0.39 is 10.0 Å². The molecule has 0 aromatic heterocycles. The molecule has 0 unspecified atom stereocenters. The first kappa shape index (κ1) is 21.0. The van der Waals surface area contributed by atoms with Gasteiger partial charge in [0, 0.05) is 23.8 Å². The number of hydrogen-bond acceptors (Lipinski definition) is 4. The molecule has 0 saturated carbocycles. The molecule has 1 aliphatic rings. The van der Waals surface area contributed by atoms with Gasteiger partial charge in [0.2, 0.25) is 0 Å². The van der Waals surface area contributed by atoms with Crippen LogP contribution in [0.3, 0.4) is 0 Å². The highest BCUT2D eigenvalue weighted by molar-refractivity contribution is 7.89. The molecule has 29 heavy (non-hydrogen) atoms. The second-order valence-electron chi connectivity index (χ2n) is 8.23. The Labute approximate surface area is 172 Å². The van der Waals surface area contributed by atoms with Gasteiger partial charge in [-0.1, -0.05) is 61.9 Å². The quantitative estimate of drug-likeness (QED) is 0.670. The molecule has 2 aromatic carbocycles. The van der Waals surface area contributed by atoms with Crippen LogP contribution < -0.4 is 0 Å². The van der Waals surface area contributed by atoms with Gasteiger partial charge in [-0.2, -0.15) is 0 Å². The molecule has 0 N–H and O–H groups in total. The van der Waals surface area contributed by atoms with E-state index in [0.717, 1.165) is 9.87 Å². The summed E-state index contributed by atoms with van der Waals surface area (Å²) in [5, 5.41) is 0. The Balaban J connectivity index is 2.05. The van der Waals surface area contributed by atoms with Gasteiger partial charge in [-0.3, -0.25) is 13.9 Å². The first-order chi connectivity index (χ1) is 13.6. The first-order valence-corrected chi connectivity index (χ1v) is 10.9. The summed E-state index contributed by atoms with van der Waals surface area (Å²) in [6, 6.07) is 15.1. The summed E-state index contributed by atoms with van der Waals surface area (Å²) in [6.07, 6.45) is 2.11. The normalized spacial score (nSPS) is 16.2. The minimum atomic E-state index is -4.00. The third kappa shape index (κ3) is 4.82. The van der Waals surface area contributed by atoms with E-state index >= 15 is 0 Å². The Morgan fingerprint density at radius 2 is 1.62 bits per heavy atom. The van der Waals surface area contributed by atoms with E-state index in [1.807, 2.05) is 20.8 Å². The molecule has 0 atom stereocenters. The number of ketones is 2. The van der Waals surface area contributed by atoms with Gasteiger partial charge >= 0.3 is 0 Å². The Hall–Kier alpha value is -2.73. The first-order valence-electron chi connectivity index (χ1n) is 9.50. The van der Waals surface area contributed by atoms with Crippen LogP contribution in [0.15, 0.2) is 71.3 Å². The molecular weight excluding hydrogens is 386 g/mol. The van der Waals surface area contributed by atoms with E-state index in [1.165, 1.54) is 18.2 Å². The lowest BCUT2D eigenvalue weighted by Gasteiger charge is -2.34. The van der Waals surface area contributed by atoms with Crippen LogP contribution in [0.25, 0.3) is 0 Å². The van der Waals surface area contributed by atoms with Gasteiger partial charge < -0.3 is 0 Å². The minimum absolute atomic E-state index is 0.0979. The monoisotopic (exact) mass is 411 g/mol. The molecule has 0 bridgehead atoms. The summed E-state index contributed by atoms with van der Waals surface area (Å²) in [7, 11) is -4.00. The lowest BCUT2D eigenvalue weighted by atomic mass is 9.79. The van der Waals surface area contributed by atoms with E-state index in [4.69, 9.17) is 0 Å². The van der Waals surface area contributed by atoms with Gasteiger partial charge in [-0.05, 0) is 30.9 Å². The zero-order chi connectivity index (χ0) is 21.2. The topological polar surface area (TPSA) is 71.5 Å². The molecular formula is C23H25NO4S. The Kier molecular flexibility index (Phi) is 5.75. The van der Waals surface area contributed by atoms with Gasteiger partial charge in [0.15, 0.2) is 11.6 Å². The van der Waals surface area contributed by atoms with Crippen LogP contribution in [-0.2, 0) is 14.8 Å². The van der Waals surface area contributed by atoms with E-state index in [0.29, 0.717) is 24.1 Å². The second kappa shape index (κ2) is 7.95. The van der Waals surface area contributed by atoms with E-state index in [9.17, 15) is 18.0 Å². The van der Waals surface area contributed by atoms with Crippen LogP contribution in [0.4, 0.5) is 0 Å². The molecule has 0 aliphatic heterocycles. The SMILES string of the molecule is Cc1ccc(S(=O)(=O)N(CC(=O)c2ccccc2)C2=CC(=O)CC(C)(C)C2)cc1. The molecule has 0 saturated heterocycles. The number of hydrogen-bond donors (Lipinski definition) is 0. The van der Waals surface area contributed by atoms with Crippen molar-refractivity contribution in [1.29, 1.82) is 0 Å². The highest BCUT2D eigenvalue weighted by Gasteiger charge is 2.35. The molecule has 0 fully saturated rings. The number of carbonyl (C=O) groups excluding carboxylic acids is 2. The number of Topliss-reactive ketones (excluding diaryl/α,β-unsaturated/α-hetero) is 1. The van der Waals surface area contributed by atoms with E-state index in [2.05, 4.69) is 0 Å². The molecule has 152 valence electrons. The number of nitrogens with zero attached hydrogens (tertiary/aromatic N) is 1. The smallest absolute Gasteiger partial charge is 0.264 e. The van der Waals surface area contributed by atoms with Crippen LogP contribution in [0.2, 0.25) is 0 Å². The maximum atomic E-state index is 13.4. The summed E-state index contributed by atoms with van der Waals surface area (Å²) in [5.41, 5.74) is 1.34. The highest BCUT2D eigenvalue weighted by atomic mass is 32.2. The van der Waals surface area contributed by atoms with Crippen molar-refractivity contribution in [2.75, 3.05) is 6.54 Å². The summed E-state index contributed by atoms with van der Waals surface area (Å²) in [4.78, 5) is 25.2. The molecule has 2 aromatic rings. The predicted molar refractivity (Wildman–Crippen MR) is 112 cm³/mol. The maximum absolute atomic E-state index is 13.4. The summed E-state index contributed by atoms with van der Waals surface area (Å²) >= 11 is 0. The highest BCUT2D eigenvalue weighted by Crippen LogP contribution is 2.37. The van der Waals surface area contributed by atoms with Crippen molar-refractivity contribution in [3.63, 3.8) is 0 Å². The van der Waals surface area contributed by atoms with Gasteiger partial charge in [0.05, 0.1) is 11.4 Å². The third-order valence-corrected chi connectivity index (χ3v) is 6.76. The summed E-state index contributed by atoms with van der Waals surface area (Å²) in [5.74, 6) is -0.453. The van der Waals surface area contributed by atoms with E-state index in [-0.39, 0.29) is 28.4 Å². The standard InChI is InChI=1S/C23H25NO4S/c1-17-9-11-21(12-10-17)29(27,28)24(16-22(26)18-7-5-4-6-8-18)19-13-20(25)15-23(2,3)14-19/h4-13H,14-16H2,1-3H3. The number of benzene rings is 2. The molecule has 0 heterocycles. The lowest BCUT2D eigenvalue weighted by Crippen LogP contribution is -2.38. The van der Waals surface area contributed by atoms with Crippen molar-refractivity contribution in [2.45, 2.75) is 38.5 Å². The van der Waals surface area contributed by atoms with Crippen molar-refractivity contribution in [1.82, 2.24) is 4.31 Å². The molecule has 0 amide bonds. The van der Waals surface area contributed by atoms with Gasteiger partial charge in [-0.25, -0.2) is 8.42 Å². The van der Waals surface area contributed by atoms with Crippen molar-refractivity contribution < 1.29 is 18.0 Å². The average molecular weight is 412 g/mol. The molecule has 3 rings (SSSR count). The van der Waals surface area contributed by atoms with Crippen LogP contribution in [-0.4, -0.2) is 30.8 Å². The van der Waals surface area contributed by atoms with Gasteiger partial charge in [-0.15, -0.1) is 0 Å². The fraction of sp³-hybridized carbons (Fsp3) is 0.304. The van der Waals surface area contributed by atoms with E-state index in [1.54, 1.807) is 42.5 Å². The van der Waals surface area contributed by atoms with Gasteiger partial charge in [0.1, 0.15) is 0 Å². The predicted octanol–water partition coefficient (Wildman–Crippen LogP) is 4.14. The van der Waals surface area contributed by atoms with Crippen molar-refractivity contribution in [2.24, 2.45) is 5.41 Å². The average Bonchev–Trinajstić information content (AvgIpc) is 2.65. The van der Waals surface area contributed by atoms with Crippen LogP contribution in [0, 0.1) is 12.3 Å². The van der Waals surface area contributed by atoms with Crippen LogP contribution >= 0.6 is 0 Å². The second-order valence-corrected chi connectivity index (χ2v) is 10.1. The fourth-order valence-electron chi connectivity index (χ4n) is 3.50. The van der Waals surface area contributed by atoms with Crippen LogP contribution in [0.1, 0.15) is 42.6 Å². The van der Waals surface area contributed by atoms with Crippen LogP contribution in [0.5, 0.6) is 0 Å². The lowest BCUT2D eigenvalue weighted by molar-refractivity contribution is -0.117. The molecule has 6 heteroatoms. The Bertz CT molecular complexity index is 1050. The maximum Gasteiger partial charge on any atom is 0.264 e. The fourth-order valence-corrected chi connectivity index (χ4v) is 4.94. The molecule has 0 spiro atoms. The number of carbonyl (C=O) groups is 2. The summed E-state index contributed by atoms with van der Waals surface area (Å²) in [6.45, 7) is 5.37. The number of aryl methyl sites for hydroxylation is 1. The zero-order valence-corrected chi connectivity index (χ0v) is 17.7. The Morgan fingerprint density at radius 1 is 1.00 bits per heavy atom. The van der Waals surface area contributed by atoms with Crippen molar-refractivity contribution in [3.8, 4) is 0 Å².